The Labute approximate surface area is 178 Å². The van der Waals surface area contributed by atoms with Crippen molar-refractivity contribution in [2.45, 2.75) is 19.8 Å². The molecule has 30 heavy (non-hydrogen) atoms. The van der Waals surface area contributed by atoms with Crippen LogP contribution in [0.2, 0.25) is 0 Å². The average Bonchev–Trinajstić information content (AvgIpc) is 3.29. The molecule has 1 amide bonds. The Bertz CT molecular complexity index is 1130. The Morgan fingerprint density at radius 1 is 1.03 bits per heavy atom. The van der Waals surface area contributed by atoms with Gasteiger partial charge in [-0.15, -0.1) is 11.3 Å². The number of hydrogen-bond acceptors (Lipinski definition) is 5. The number of aromatic nitrogens is 1. The van der Waals surface area contributed by atoms with Gasteiger partial charge in [-0.05, 0) is 30.5 Å². The van der Waals surface area contributed by atoms with Gasteiger partial charge >= 0.3 is 12.1 Å². The number of alkyl carbamates (subject to hydrolysis) is 1. The van der Waals surface area contributed by atoms with Gasteiger partial charge in [0.05, 0.1) is 10.7 Å². The van der Waals surface area contributed by atoms with Gasteiger partial charge in [0.2, 0.25) is 0 Å². The van der Waals surface area contributed by atoms with Crippen molar-refractivity contribution in [1.82, 2.24) is 10.3 Å². The maximum atomic E-state index is 11.4. The van der Waals surface area contributed by atoms with Crippen LogP contribution in [0.1, 0.15) is 21.0 Å². The lowest BCUT2D eigenvalue weighted by atomic mass is 10.1. The molecule has 4 rings (SSSR count). The summed E-state index contributed by atoms with van der Waals surface area (Å²) in [5.41, 5.74) is 4.62. The topological polar surface area (TPSA) is 68.3 Å². The standard InChI is InChI=1S/C24H20N2O3S/c1-16-22(19-7-3-2-4-8-19)26-21(30-16)15-14-18-12-10-17(11-13-18)6-5-9-20-23(27)29-24(28)25-20/h2-13H,14-15H2,1H3,(H,25,28). The number of hydrogen-bond donors (Lipinski definition) is 1. The Morgan fingerprint density at radius 2 is 1.80 bits per heavy atom. The zero-order valence-corrected chi connectivity index (χ0v) is 17.2. The molecule has 150 valence electrons. The fraction of sp³-hybridized carbons (Fsp3) is 0.125. The fourth-order valence-electron chi connectivity index (χ4n) is 3.16. The second-order valence-corrected chi connectivity index (χ2v) is 8.15. The third kappa shape index (κ3) is 4.72. The SMILES string of the molecule is Cc1sc(CCc2ccc(C=CC=C3NC(=O)OC3=O)cc2)nc1-c1ccccc1. The molecule has 0 saturated carbocycles. The maximum absolute atomic E-state index is 11.4. The molecule has 0 atom stereocenters. The maximum Gasteiger partial charge on any atom is 0.419 e. The summed E-state index contributed by atoms with van der Waals surface area (Å²) in [7, 11) is 0. The van der Waals surface area contributed by atoms with Crippen molar-refractivity contribution >= 4 is 29.5 Å². The van der Waals surface area contributed by atoms with Crippen LogP contribution in [0, 0.1) is 6.92 Å². The number of cyclic esters (lactones) is 2. The van der Waals surface area contributed by atoms with E-state index >= 15 is 0 Å². The highest BCUT2D eigenvalue weighted by Gasteiger charge is 2.25. The van der Waals surface area contributed by atoms with Crippen molar-refractivity contribution in [1.29, 1.82) is 0 Å². The average molecular weight is 417 g/mol. The van der Waals surface area contributed by atoms with Crippen LogP contribution in [0.5, 0.6) is 0 Å². The molecular weight excluding hydrogens is 396 g/mol. The Kier molecular flexibility index (Phi) is 5.86. The van der Waals surface area contributed by atoms with Crippen molar-refractivity contribution in [2.75, 3.05) is 0 Å². The van der Waals surface area contributed by atoms with E-state index in [4.69, 9.17) is 4.98 Å². The largest absolute Gasteiger partial charge is 0.419 e. The summed E-state index contributed by atoms with van der Waals surface area (Å²) in [6.07, 6.45) is 6.19. The van der Waals surface area contributed by atoms with Crippen molar-refractivity contribution in [3.63, 3.8) is 0 Å². The minimum absolute atomic E-state index is 0.140. The molecule has 1 aliphatic heterocycles. The van der Waals surface area contributed by atoms with E-state index in [1.807, 2.05) is 36.4 Å². The Morgan fingerprint density at radius 3 is 2.50 bits per heavy atom. The fourth-order valence-corrected chi connectivity index (χ4v) is 4.11. The summed E-state index contributed by atoms with van der Waals surface area (Å²) in [6, 6.07) is 18.5. The first kappa shape index (κ1) is 19.8. The van der Waals surface area contributed by atoms with Crippen LogP contribution in [-0.2, 0) is 22.4 Å². The number of amides is 1. The van der Waals surface area contributed by atoms with Gasteiger partial charge in [-0.1, -0.05) is 66.7 Å². The van der Waals surface area contributed by atoms with Crippen molar-refractivity contribution in [3.05, 3.63) is 93.5 Å². The van der Waals surface area contributed by atoms with E-state index in [0.29, 0.717) is 0 Å². The summed E-state index contributed by atoms with van der Waals surface area (Å²) in [5.74, 6) is -0.659. The first-order chi connectivity index (χ1) is 14.6. The van der Waals surface area contributed by atoms with E-state index in [9.17, 15) is 9.59 Å². The van der Waals surface area contributed by atoms with E-state index in [1.54, 1.807) is 17.4 Å². The molecule has 1 fully saturated rings. The van der Waals surface area contributed by atoms with Crippen LogP contribution < -0.4 is 5.32 Å². The molecule has 2 aromatic carbocycles. The summed E-state index contributed by atoms with van der Waals surface area (Å²) >= 11 is 1.76. The number of nitrogens with one attached hydrogen (secondary N) is 1. The number of carbonyl (C=O) groups excluding carboxylic acids is 2. The monoisotopic (exact) mass is 416 g/mol. The molecule has 0 bridgehead atoms. The van der Waals surface area contributed by atoms with Gasteiger partial charge in [-0.2, -0.15) is 0 Å². The number of esters is 1. The summed E-state index contributed by atoms with van der Waals surface area (Å²) in [6.45, 7) is 2.12. The molecule has 5 nitrogen and oxygen atoms in total. The summed E-state index contributed by atoms with van der Waals surface area (Å²) in [5, 5.41) is 3.49. The predicted molar refractivity (Wildman–Crippen MR) is 118 cm³/mol. The van der Waals surface area contributed by atoms with Gasteiger partial charge in [0.25, 0.3) is 0 Å². The van der Waals surface area contributed by atoms with E-state index < -0.39 is 12.1 Å². The molecule has 0 spiro atoms. The van der Waals surface area contributed by atoms with E-state index in [0.717, 1.165) is 34.7 Å². The molecule has 1 saturated heterocycles. The highest BCUT2D eigenvalue weighted by Crippen LogP contribution is 2.28. The molecule has 0 aliphatic carbocycles. The molecule has 1 N–H and O–H groups in total. The Balaban J connectivity index is 1.35. The van der Waals surface area contributed by atoms with Crippen LogP contribution in [-0.4, -0.2) is 17.0 Å². The zero-order chi connectivity index (χ0) is 20.9. The van der Waals surface area contributed by atoms with Gasteiger partial charge in [0.1, 0.15) is 5.70 Å². The number of aryl methyl sites for hydroxylation is 3. The highest BCUT2D eigenvalue weighted by molar-refractivity contribution is 7.12. The number of nitrogens with zero attached hydrogens (tertiary/aromatic N) is 1. The third-order valence-corrected chi connectivity index (χ3v) is 5.72. The number of carbonyl (C=O) groups is 2. The van der Waals surface area contributed by atoms with E-state index in [1.165, 1.54) is 16.5 Å². The molecule has 1 aliphatic rings. The normalized spacial score (nSPS) is 15.0. The number of ether oxygens (including phenoxy) is 1. The van der Waals surface area contributed by atoms with E-state index in [2.05, 4.69) is 41.2 Å². The molecule has 0 unspecified atom stereocenters. The minimum Gasteiger partial charge on any atom is -0.371 e. The van der Waals surface area contributed by atoms with Crippen molar-refractivity contribution in [3.8, 4) is 11.3 Å². The van der Waals surface area contributed by atoms with Gasteiger partial charge in [0.15, 0.2) is 0 Å². The highest BCUT2D eigenvalue weighted by atomic mass is 32.1. The zero-order valence-electron chi connectivity index (χ0n) is 16.4. The van der Waals surface area contributed by atoms with Crippen molar-refractivity contribution in [2.24, 2.45) is 0 Å². The first-order valence-corrected chi connectivity index (χ1v) is 10.4. The smallest absolute Gasteiger partial charge is 0.371 e. The van der Waals surface area contributed by atoms with Crippen molar-refractivity contribution < 1.29 is 14.3 Å². The number of allylic oxidation sites excluding steroid dienone is 2. The van der Waals surface area contributed by atoms with Gasteiger partial charge in [-0.25, -0.2) is 14.6 Å². The minimum atomic E-state index is -0.740. The second kappa shape index (κ2) is 8.88. The van der Waals surface area contributed by atoms with Gasteiger partial charge < -0.3 is 4.74 Å². The van der Waals surface area contributed by atoms with Crippen LogP contribution in [0.3, 0.4) is 0 Å². The Hall–Kier alpha value is -3.51. The number of rotatable bonds is 6. The lowest BCUT2D eigenvalue weighted by Crippen LogP contribution is -2.11. The van der Waals surface area contributed by atoms with Gasteiger partial charge in [-0.3, -0.25) is 5.32 Å². The second-order valence-electron chi connectivity index (χ2n) is 6.86. The predicted octanol–water partition coefficient (Wildman–Crippen LogP) is 5.07. The number of benzene rings is 2. The first-order valence-electron chi connectivity index (χ1n) is 9.61. The van der Waals surface area contributed by atoms with Gasteiger partial charge in [0, 0.05) is 16.9 Å². The van der Waals surface area contributed by atoms with Crippen LogP contribution >= 0.6 is 11.3 Å². The lowest BCUT2D eigenvalue weighted by molar-refractivity contribution is -0.130. The molecule has 2 heterocycles. The quantitative estimate of drug-likeness (QED) is 0.346. The third-order valence-electron chi connectivity index (χ3n) is 4.69. The lowest BCUT2D eigenvalue weighted by Gasteiger charge is -2.01. The summed E-state index contributed by atoms with van der Waals surface area (Å²) in [4.78, 5) is 28.4. The van der Waals surface area contributed by atoms with Crippen LogP contribution in [0.4, 0.5) is 4.79 Å². The summed E-state index contributed by atoms with van der Waals surface area (Å²) < 4.78 is 4.39. The molecule has 1 aromatic heterocycles. The van der Waals surface area contributed by atoms with Crippen LogP contribution in [0.15, 0.2) is 72.4 Å². The van der Waals surface area contributed by atoms with E-state index in [-0.39, 0.29) is 5.70 Å². The number of thiazole rings is 1. The molecular formula is C24H20N2O3S. The molecule has 0 radical (unpaired) electrons. The molecule has 3 aromatic rings. The van der Waals surface area contributed by atoms with Crippen LogP contribution in [0.25, 0.3) is 17.3 Å². The molecule has 6 heteroatoms.